The molecule has 1 N–H and O–H groups in total. The molecule has 2 rings (SSSR count). The van der Waals surface area contributed by atoms with E-state index in [4.69, 9.17) is 4.74 Å². The second-order valence-electron chi connectivity index (χ2n) is 5.60. The van der Waals surface area contributed by atoms with Crippen molar-refractivity contribution in [3.05, 3.63) is 42.5 Å². The first-order chi connectivity index (χ1) is 11.7. The van der Waals surface area contributed by atoms with E-state index >= 15 is 0 Å². The number of rotatable bonds is 9. The van der Waals surface area contributed by atoms with Crippen molar-refractivity contribution in [2.45, 2.75) is 52.1 Å². The molecule has 0 radical (unpaired) electrons. The lowest BCUT2D eigenvalue weighted by atomic mass is 10.1. The molecule has 0 spiro atoms. The Morgan fingerprint density at radius 3 is 2.46 bits per heavy atom. The van der Waals surface area contributed by atoms with E-state index in [1.54, 1.807) is 24.3 Å². The van der Waals surface area contributed by atoms with E-state index in [-0.39, 0.29) is 12.1 Å². The van der Waals surface area contributed by atoms with E-state index in [9.17, 15) is 4.79 Å². The zero-order valence-corrected chi connectivity index (χ0v) is 14.2. The number of carbonyl (C=O) groups is 1. The van der Waals surface area contributed by atoms with E-state index in [2.05, 4.69) is 27.2 Å². The van der Waals surface area contributed by atoms with Crippen molar-refractivity contribution in [2.24, 2.45) is 0 Å². The summed E-state index contributed by atoms with van der Waals surface area (Å²) in [5, 5.41) is 3.04. The minimum atomic E-state index is -0.273. The number of nitrogens with one attached hydrogen (secondary N) is 1. The van der Waals surface area contributed by atoms with Crippen molar-refractivity contribution in [3.63, 3.8) is 0 Å². The van der Waals surface area contributed by atoms with Crippen molar-refractivity contribution in [1.29, 1.82) is 0 Å². The van der Waals surface area contributed by atoms with E-state index in [0.29, 0.717) is 11.5 Å². The normalized spacial score (nSPS) is 11.8. The lowest BCUT2D eigenvalue weighted by Gasteiger charge is -2.16. The van der Waals surface area contributed by atoms with Crippen LogP contribution in [0.1, 0.15) is 56.3 Å². The molecule has 128 valence electrons. The molecule has 2 aromatic rings. The average Bonchev–Trinajstić information content (AvgIpc) is 2.62. The highest BCUT2D eigenvalue weighted by molar-refractivity contribution is 5.90. The monoisotopic (exact) mass is 328 g/mol. The van der Waals surface area contributed by atoms with E-state index in [1.165, 1.54) is 25.5 Å². The fraction of sp³-hybridized carbons (Fsp3) is 0.444. The van der Waals surface area contributed by atoms with Gasteiger partial charge in [0.15, 0.2) is 0 Å². The Kier molecular flexibility index (Phi) is 7.14. The topological polar surface area (TPSA) is 77.0 Å². The van der Waals surface area contributed by atoms with E-state index in [0.717, 1.165) is 24.9 Å². The lowest BCUT2D eigenvalue weighted by molar-refractivity contribution is 0.0267. The van der Waals surface area contributed by atoms with Crippen LogP contribution in [0.25, 0.3) is 0 Å². The largest absolute Gasteiger partial charge is 0.459 e. The second kappa shape index (κ2) is 9.60. The Hall–Kier alpha value is -2.50. The predicted molar refractivity (Wildman–Crippen MR) is 93.2 cm³/mol. The smallest absolute Gasteiger partial charge is 0.338 e. The average molecular weight is 328 g/mol. The molecule has 0 aliphatic carbocycles. The van der Waals surface area contributed by atoms with Crippen LogP contribution in [0.15, 0.2) is 36.9 Å². The summed E-state index contributed by atoms with van der Waals surface area (Å²) in [6, 6.07) is 7.09. The number of esters is 1. The van der Waals surface area contributed by atoms with Gasteiger partial charge in [-0.3, -0.25) is 0 Å². The molecule has 1 heterocycles. The van der Waals surface area contributed by atoms with Crippen LogP contribution in [0.5, 0.6) is 0 Å². The highest BCUT2D eigenvalue weighted by atomic mass is 16.5. The summed E-state index contributed by atoms with van der Waals surface area (Å²) in [6.45, 7) is 4.21. The maximum Gasteiger partial charge on any atom is 0.338 e. The van der Waals surface area contributed by atoms with Crippen LogP contribution in [0, 0.1) is 0 Å². The van der Waals surface area contributed by atoms with Crippen LogP contribution in [0.2, 0.25) is 0 Å². The van der Waals surface area contributed by atoms with Gasteiger partial charge in [0.2, 0.25) is 5.95 Å². The van der Waals surface area contributed by atoms with Crippen LogP contribution in [-0.2, 0) is 4.74 Å². The van der Waals surface area contributed by atoms with Crippen molar-refractivity contribution < 1.29 is 9.53 Å². The van der Waals surface area contributed by atoms with E-state index in [1.807, 2.05) is 6.92 Å². The number of ether oxygens (including phenoxy) is 1. The molecule has 0 saturated heterocycles. The van der Waals surface area contributed by atoms with Crippen molar-refractivity contribution in [2.75, 3.05) is 5.32 Å². The number of benzene rings is 1. The van der Waals surface area contributed by atoms with Crippen LogP contribution < -0.4 is 5.32 Å². The second-order valence-corrected chi connectivity index (χ2v) is 5.60. The molecule has 6 nitrogen and oxygen atoms in total. The molecule has 0 aliphatic heterocycles. The molecule has 0 aliphatic rings. The van der Waals surface area contributed by atoms with Crippen LogP contribution in [-0.4, -0.2) is 27.0 Å². The molecule has 0 bridgehead atoms. The zero-order chi connectivity index (χ0) is 17.2. The molecule has 0 fully saturated rings. The molecule has 1 aromatic heterocycles. The third kappa shape index (κ3) is 5.61. The van der Waals surface area contributed by atoms with Gasteiger partial charge in [-0.15, -0.1) is 0 Å². The molecule has 1 aromatic carbocycles. The first kappa shape index (κ1) is 17.8. The Morgan fingerprint density at radius 1 is 1.12 bits per heavy atom. The Balaban J connectivity index is 1.90. The Labute approximate surface area is 142 Å². The maximum atomic E-state index is 12.2. The Bertz CT molecular complexity index is 617. The van der Waals surface area contributed by atoms with Gasteiger partial charge in [-0.1, -0.05) is 26.7 Å². The summed E-state index contributed by atoms with van der Waals surface area (Å²) in [5.74, 6) is 0.187. The number of hydrogen-bond donors (Lipinski definition) is 1. The number of hydrogen-bond acceptors (Lipinski definition) is 6. The first-order valence-electron chi connectivity index (χ1n) is 8.43. The standard InChI is InChI=1S/C18H24N4O2/c1-3-5-6-7-16(4-2)24-17(23)14-8-10-15(11-9-14)22-18-20-12-19-13-21-18/h8-13,16H,3-7H2,1-2H3,(H,19,20,21,22). The molecule has 1 atom stereocenters. The molecule has 0 saturated carbocycles. The van der Waals surface area contributed by atoms with Gasteiger partial charge < -0.3 is 10.1 Å². The molecule has 24 heavy (non-hydrogen) atoms. The van der Waals surface area contributed by atoms with E-state index < -0.39 is 0 Å². The third-order valence-corrected chi connectivity index (χ3v) is 3.73. The fourth-order valence-electron chi connectivity index (χ4n) is 2.31. The third-order valence-electron chi connectivity index (χ3n) is 3.73. The Morgan fingerprint density at radius 2 is 1.83 bits per heavy atom. The lowest BCUT2D eigenvalue weighted by Crippen LogP contribution is -2.17. The number of unbranched alkanes of at least 4 members (excludes halogenated alkanes) is 2. The van der Waals surface area contributed by atoms with Gasteiger partial charge in [0.05, 0.1) is 5.56 Å². The number of anilines is 2. The summed E-state index contributed by atoms with van der Waals surface area (Å²) in [4.78, 5) is 24.0. The summed E-state index contributed by atoms with van der Waals surface area (Å²) < 4.78 is 5.60. The number of aromatic nitrogens is 3. The van der Waals surface area contributed by atoms with Crippen molar-refractivity contribution in [3.8, 4) is 0 Å². The highest BCUT2D eigenvalue weighted by Gasteiger charge is 2.14. The van der Waals surface area contributed by atoms with Gasteiger partial charge in [-0.05, 0) is 43.5 Å². The fourth-order valence-corrected chi connectivity index (χ4v) is 2.31. The predicted octanol–water partition coefficient (Wildman–Crippen LogP) is 4.13. The summed E-state index contributed by atoms with van der Waals surface area (Å²) in [5.41, 5.74) is 1.35. The first-order valence-corrected chi connectivity index (χ1v) is 8.43. The van der Waals surface area contributed by atoms with Crippen LogP contribution in [0.3, 0.4) is 0 Å². The van der Waals surface area contributed by atoms with Gasteiger partial charge in [-0.2, -0.15) is 0 Å². The molecule has 0 amide bonds. The zero-order valence-electron chi connectivity index (χ0n) is 14.2. The van der Waals surface area contributed by atoms with Crippen molar-refractivity contribution >= 4 is 17.6 Å². The number of carbonyl (C=O) groups excluding carboxylic acids is 1. The number of nitrogens with zero attached hydrogens (tertiary/aromatic N) is 3. The molecular weight excluding hydrogens is 304 g/mol. The highest BCUT2D eigenvalue weighted by Crippen LogP contribution is 2.16. The van der Waals surface area contributed by atoms with Crippen LogP contribution >= 0.6 is 0 Å². The van der Waals surface area contributed by atoms with Crippen molar-refractivity contribution in [1.82, 2.24) is 15.0 Å². The van der Waals surface area contributed by atoms with Gasteiger partial charge in [0.1, 0.15) is 18.8 Å². The summed E-state index contributed by atoms with van der Waals surface area (Å²) in [6.07, 6.45) is 8.04. The summed E-state index contributed by atoms with van der Waals surface area (Å²) >= 11 is 0. The molecule has 1 unspecified atom stereocenters. The minimum absolute atomic E-state index is 0.00734. The summed E-state index contributed by atoms with van der Waals surface area (Å²) in [7, 11) is 0. The molecule has 6 heteroatoms. The molecular formula is C18H24N4O2. The maximum absolute atomic E-state index is 12.2. The van der Waals surface area contributed by atoms with Gasteiger partial charge >= 0.3 is 5.97 Å². The quantitative estimate of drug-likeness (QED) is 0.551. The van der Waals surface area contributed by atoms with Crippen LogP contribution in [0.4, 0.5) is 11.6 Å². The SMILES string of the molecule is CCCCCC(CC)OC(=O)c1ccc(Nc2ncncn2)cc1. The van der Waals surface area contributed by atoms with Gasteiger partial charge in [0.25, 0.3) is 0 Å². The van der Waals surface area contributed by atoms with Gasteiger partial charge in [-0.25, -0.2) is 19.7 Å². The minimum Gasteiger partial charge on any atom is -0.459 e. The van der Waals surface area contributed by atoms with Gasteiger partial charge in [0, 0.05) is 5.69 Å².